The molecule has 1 aromatic carbocycles. The quantitative estimate of drug-likeness (QED) is 0.702. The van der Waals surface area contributed by atoms with E-state index in [1.165, 1.54) is 11.1 Å². The van der Waals surface area contributed by atoms with E-state index < -0.39 is 5.67 Å². The van der Waals surface area contributed by atoms with Crippen LogP contribution in [0.2, 0.25) is 0 Å². The third-order valence-corrected chi connectivity index (χ3v) is 6.84. The van der Waals surface area contributed by atoms with Gasteiger partial charge in [-0.3, -0.25) is 9.69 Å². The number of benzene rings is 1. The number of ether oxygens (including phenoxy) is 2. The molecule has 5 heteroatoms. The highest BCUT2D eigenvalue weighted by Crippen LogP contribution is 2.45. The van der Waals surface area contributed by atoms with Crippen molar-refractivity contribution in [2.75, 3.05) is 27.3 Å². The number of allylic oxidation sites excluding steroid dienone is 2. The van der Waals surface area contributed by atoms with E-state index in [0.29, 0.717) is 12.0 Å². The molecule has 3 aliphatic rings. The first-order chi connectivity index (χ1) is 14.4. The van der Waals surface area contributed by atoms with E-state index in [4.69, 9.17) is 9.47 Å². The number of hydrogen-bond acceptors (Lipinski definition) is 4. The number of nitrogens with zero attached hydrogens (tertiary/aromatic N) is 1. The summed E-state index contributed by atoms with van der Waals surface area (Å²) < 4.78 is 26.7. The van der Waals surface area contributed by atoms with E-state index in [-0.39, 0.29) is 30.3 Å². The van der Waals surface area contributed by atoms with Crippen LogP contribution in [0.3, 0.4) is 0 Å². The fraction of sp³-hybridized carbons (Fsp3) is 0.560. The minimum Gasteiger partial charge on any atom is -0.374 e. The van der Waals surface area contributed by atoms with Crippen molar-refractivity contribution < 1.29 is 18.7 Å². The molecular formula is C25H32FNO3. The molecule has 1 saturated carbocycles. The maximum absolute atomic E-state index is 15.8. The number of aryl methyl sites for hydroxylation is 1. The molecule has 1 aliphatic heterocycles. The summed E-state index contributed by atoms with van der Waals surface area (Å²) in [5.74, 6) is -0.127. The van der Waals surface area contributed by atoms with E-state index in [1.54, 1.807) is 20.3 Å². The molecule has 30 heavy (non-hydrogen) atoms. The summed E-state index contributed by atoms with van der Waals surface area (Å²) in [7, 11) is 3.19. The molecule has 3 unspecified atom stereocenters. The van der Waals surface area contributed by atoms with Crippen LogP contribution < -0.4 is 0 Å². The van der Waals surface area contributed by atoms with Gasteiger partial charge in [-0.1, -0.05) is 29.8 Å². The summed E-state index contributed by atoms with van der Waals surface area (Å²) in [5.41, 5.74) is 2.08. The van der Waals surface area contributed by atoms with Crippen molar-refractivity contribution in [1.29, 1.82) is 0 Å². The molecule has 0 radical (unpaired) electrons. The average Bonchev–Trinajstić information content (AvgIpc) is 2.98. The van der Waals surface area contributed by atoms with Gasteiger partial charge in [0.25, 0.3) is 0 Å². The van der Waals surface area contributed by atoms with Gasteiger partial charge in [-0.15, -0.1) is 0 Å². The highest BCUT2D eigenvalue weighted by molar-refractivity contribution is 6.09. The minimum atomic E-state index is -1.79. The maximum Gasteiger partial charge on any atom is 0.200 e. The highest BCUT2D eigenvalue weighted by Gasteiger charge is 2.51. The van der Waals surface area contributed by atoms with Crippen molar-refractivity contribution >= 4 is 5.78 Å². The molecular weight excluding hydrogens is 381 g/mol. The molecule has 1 aromatic rings. The third-order valence-electron chi connectivity index (χ3n) is 6.84. The minimum absolute atomic E-state index is 0.164. The van der Waals surface area contributed by atoms with Gasteiger partial charge < -0.3 is 9.47 Å². The summed E-state index contributed by atoms with van der Waals surface area (Å²) >= 11 is 0. The fourth-order valence-electron chi connectivity index (χ4n) is 5.19. The van der Waals surface area contributed by atoms with Crippen LogP contribution in [0.5, 0.6) is 0 Å². The Morgan fingerprint density at radius 2 is 1.83 bits per heavy atom. The number of Topliss-reactive ketones (excluding diaryl/α,β-unsaturated/α-hetero) is 1. The number of halogens is 1. The number of ketones is 1. The largest absolute Gasteiger partial charge is 0.374 e. The van der Waals surface area contributed by atoms with Gasteiger partial charge in [-0.05, 0) is 68.5 Å². The monoisotopic (exact) mass is 413 g/mol. The Bertz CT molecular complexity index is 856. The zero-order valence-corrected chi connectivity index (χ0v) is 18.2. The zero-order valence-electron chi connectivity index (χ0n) is 18.2. The lowest BCUT2D eigenvalue weighted by Crippen LogP contribution is -2.38. The molecule has 2 aliphatic carbocycles. The van der Waals surface area contributed by atoms with E-state index in [2.05, 4.69) is 36.1 Å². The molecule has 1 saturated heterocycles. The lowest BCUT2D eigenvalue weighted by molar-refractivity contribution is -0.126. The van der Waals surface area contributed by atoms with Crippen LogP contribution in [0.15, 0.2) is 47.6 Å². The Kier molecular flexibility index (Phi) is 6.24. The van der Waals surface area contributed by atoms with E-state index >= 15 is 4.39 Å². The number of rotatable bonds is 6. The van der Waals surface area contributed by atoms with E-state index in [1.807, 2.05) is 6.08 Å². The Morgan fingerprint density at radius 3 is 2.50 bits per heavy atom. The van der Waals surface area contributed by atoms with Gasteiger partial charge >= 0.3 is 0 Å². The summed E-state index contributed by atoms with van der Waals surface area (Å²) in [6.07, 6.45) is 5.35. The second kappa shape index (κ2) is 8.74. The lowest BCUT2D eigenvalue weighted by atomic mass is 9.84. The molecule has 4 nitrogen and oxygen atoms in total. The molecule has 2 fully saturated rings. The molecule has 162 valence electrons. The van der Waals surface area contributed by atoms with Crippen molar-refractivity contribution in [1.82, 2.24) is 4.90 Å². The standard InChI is InChI=1S/C25H32FNO3/c1-17-5-4-6-19(11-17)16-27-9-7-18(8-10-27)14-25(26)15-20-12-22(29-2)23(30-3)13-21(20)24(25)28/h4-6,11-13,18,22-23H,7-10,14-16H2,1-3H3. The molecule has 1 heterocycles. The normalized spacial score (nSPS) is 30.2. The van der Waals surface area contributed by atoms with Crippen LogP contribution >= 0.6 is 0 Å². The SMILES string of the molecule is COC1C=C2CC(F)(CC3CCN(Cc4cccc(C)c4)CC3)C(=O)C2=CC1OC. The predicted octanol–water partition coefficient (Wildman–Crippen LogP) is 4.17. The second-order valence-electron chi connectivity index (χ2n) is 9.06. The first-order valence-corrected chi connectivity index (χ1v) is 10.9. The number of piperidine rings is 1. The van der Waals surface area contributed by atoms with Crippen molar-refractivity contribution in [3.63, 3.8) is 0 Å². The van der Waals surface area contributed by atoms with Gasteiger partial charge in [0, 0.05) is 32.8 Å². The number of alkyl halides is 1. The Hall–Kier alpha value is -1.82. The van der Waals surface area contributed by atoms with Gasteiger partial charge in [-0.25, -0.2) is 4.39 Å². The molecule has 0 aromatic heterocycles. The summed E-state index contributed by atoms with van der Waals surface area (Å²) in [5, 5.41) is 0. The first-order valence-electron chi connectivity index (χ1n) is 10.9. The lowest BCUT2D eigenvalue weighted by Gasteiger charge is -2.34. The Labute approximate surface area is 178 Å². The number of methoxy groups -OCH3 is 2. The average molecular weight is 414 g/mol. The molecule has 0 N–H and O–H groups in total. The summed E-state index contributed by atoms with van der Waals surface area (Å²) in [6, 6.07) is 8.60. The van der Waals surface area contributed by atoms with Crippen LogP contribution in [0.25, 0.3) is 0 Å². The van der Waals surface area contributed by atoms with Gasteiger partial charge in [-0.2, -0.15) is 0 Å². The molecule has 0 spiro atoms. The molecule has 4 rings (SSSR count). The van der Waals surface area contributed by atoms with Crippen LogP contribution in [0.1, 0.15) is 36.8 Å². The van der Waals surface area contributed by atoms with Crippen LogP contribution in [0, 0.1) is 12.8 Å². The smallest absolute Gasteiger partial charge is 0.200 e. The van der Waals surface area contributed by atoms with Crippen molar-refractivity contribution in [2.45, 2.75) is 57.0 Å². The van der Waals surface area contributed by atoms with Crippen molar-refractivity contribution in [3.8, 4) is 0 Å². The number of fused-ring (bicyclic) bond motifs is 1. The predicted molar refractivity (Wildman–Crippen MR) is 115 cm³/mol. The summed E-state index contributed by atoms with van der Waals surface area (Å²) in [6.45, 7) is 4.95. The number of likely N-dealkylation sites (tertiary alicyclic amines) is 1. The van der Waals surface area contributed by atoms with E-state index in [9.17, 15) is 4.79 Å². The number of carbonyl (C=O) groups is 1. The van der Waals surface area contributed by atoms with Crippen molar-refractivity contribution in [3.05, 3.63) is 58.7 Å². The maximum atomic E-state index is 15.8. The fourth-order valence-corrected chi connectivity index (χ4v) is 5.19. The third kappa shape index (κ3) is 4.29. The van der Waals surface area contributed by atoms with Crippen LogP contribution in [-0.4, -0.2) is 55.9 Å². The Morgan fingerprint density at radius 1 is 1.13 bits per heavy atom. The van der Waals surface area contributed by atoms with Crippen LogP contribution in [0.4, 0.5) is 4.39 Å². The number of carbonyl (C=O) groups excluding carboxylic acids is 1. The van der Waals surface area contributed by atoms with Gasteiger partial charge in [0.1, 0.15) is 12.2 Å². The topological polar surface area (TPSA) is 38.8 Å². The highest BCUT2D eigenvalue weighted by atomic mass is 19.1. The molecule has 3 atom stereocenters. The molecule has 0 amide bonds. The van der Waals surface area contributed by atoms with Gasteiger partial charge in [0.05, 0.1) is 0 Å². The Balaban J connectivity index is 1.37. The first kappa shape index (κ1) is 21.4. The van der Waals surface area contributed by atoms with Crippen molar-refractivity contribution in [2.24, 2.45) is 5.92 Å². The van der Waals surface area contributed by atoms with Gasteiger partial charge in [0.15, 0.2) is 11.5 Å². The number of hydrogen-bond donors (Lipinski definition) is 0. The van der Waals surface area contributed by atoms with E-state index in [0.717, 1.165) is 38.0 Å². The summed E-state index contributed by atoms with van der Waals surface area (Å²) in [4.78, 5) is 15.4. The molecule has 0 bridgehead atoms. The van der Waals surface area contributed by atoms with Gasteiger partial charge in [0.2, 0.25) is 0 Å². The van der Waals surface area contributed by atoms with Crippen LogP contribution in [-0.2, 0) is 20.8 Å². The zero-order chi connectivity index (χ0) is 21.3. The second-order valence-corrected chi connectivity index (χ2v) is 9.06.